The minimum Gasteiger partial charge on any atom is -0.410 e. The summed E-state index contributed by atoms with van der Waals surface area (Å²) in [6.45, 7) is 3.52. The molecule has 0 N–H and O–H groups in total. The fourth-order valence-corrected chi connectivity index (χ4v) is 7.53. The Bertz CT molecular complexity index is 1170. The average Bonchev–Trinajstić information content (AvgIpc) is 2.92. The van der Waals surface area contributed by atoms with Crippen molar-refractivity contribution in [2.75, 3.05) is 52.4 Å². The van der Waals surface area contributed by atoms with Crippen molar-refractivity contribution in [3.05, 3.63) is 46.8 Å². The Morgan fingerprint density at radius 2 is 1.67 bits per heavy atom. The molecule has 1 saturated carbocycles. The molecule has 2 aliphatic rings. The number of benzene rings is 1. The molecule has 1 aromatic carbocycles. The fraction of sp³-hybridized carbons (Fsp3) is 0.690. The fourth-order valence-electron chi connectivity index (χ4n) is 5.78. The van der Waals surface area contributed by atoms with Gasteiger partial charge in [-0.15, -0.1) is 4.73 Å². The number of para-hydroxylation sites is 1. The van der Waals surface area contributed by atoms with Crippen LogP contribution >= 0.6 is 0 Å². The van der Waals surface area contributed by atoms with E-state index in [9.17, 15) is 13.2 Å². The maximum Gasteiger partial charge on any atom is 0.283 e. The number of aromatic nitrogens is 1. The Balaban J connectivity index is 1.35. The van der Waals surface area contributed by atoms with Crippen molar-refractivity contribution < 1.29 is 22.7 Å². The van der Waals surface area contributed by atoms with E-state index in [0.29, 0.717) is 25.3 Å². The predicted octanol–water partition coefficient (Wildman–Crippen LogP) is 3.65. The van der Waals surface area contributed by atoms with Crippen LogP contribution in [-0.2, 0) is 19.5 Å². The number of fused-ring (bicyclic) bond motifs is 1. The molecule has 0 bridgehead atoms. The van der Waals surface area contributed by atoms with E-state index >= 15 is 0 Å². The number of ether oxygens (including phenoxy) is 2. The van der Waals surface area contributed by atoms with Crippen LogP contribution in [0.5, 0.6) is 0 Å². The molecule has 1 aliphatic heterocycles. The number of sulfonamides is 1. The molecular formula is C29H45N3O6S. The molecule has 4 rings (SSSR count). The second kappa shape index (κ2) is 15.1. The van der Waals surface area contributed by atoms with Gasteiger partial charge in [-0.2, -0.15) is 4.31 Å². The van der Waals surface area contributed by atoms with Crippen LogP contribution in [0, 0.1) is 0 Å². The molecule has 0 radical (unpaired) electrons. The lowest BCUT2D eigenvalue weighted by Gasteiger charge is -2.36. The first-order valence-corrected chi connectivity index (χ1v) is 16.2. The van der Waals surface area contributed by atoms with Crippen LogP contribution in [0.3, 0.4) is 0 Å². The van der Waals surface area contributed by atoms with E-state index in [1.54, 1.807) is 17.5 Å². The topological polar surface area (TPSA) is 90.3 Å². The molecule has 10 heteroatoms. The first-order chi connectivity index (χ1) is 19.0. The summed E-state index contributed by atoms with van der Waals surface area (Å²) in [4.78, 5) is 20.5. The van der Waals surface area contributed by atoms with Gasteiger partial charge in [0.2, 0.25) is 10.0 Å². The maximum absolute atomic E-state index is 13.7. The third-order valence-corrected chi connectivity index (χ3v) is 9.96. The van der Waals surface area contributed by atoms with Crippen LogP contribution < -0.4 is 10.4 Å². The molecular weight excluding hydrogens is 518 g/mol. The summed E-state index contributed by atoms with van der Waals surface area (Å²) in [5, 5.41) is 0.898. The van der Waals surface area contributed by atoms with Crippen molar-refractivity contribution in [2.45, 2.75) is 76.4 Å². The van der Waals surface area contributed by atoms with Gasteiger partial charge < -0.3 is 19.2 Å². The van der Waals surface area contributed by atoms with E-state index in [2.05, 4.69) is 4.90 Å². The third kappa shape index (κ3) is 8.75. The largest absolute Gasteiger partial charge is 0.410 e. The quantitative estimate of drug-likeness (QED) is 0.271. The zero-order chi connectivity index (χ0) is 27.5. The van der Waals surface area contributed by atoms with Gasteiger partial charge in [-0.3, -0.25) is 4.79 Å². The van der Waals surface area contributed by atoms with Gasteiger partial charge >= 0.3 is 0 Å². The Kier molecular flexibility index (Phi) is 11.6. The van der Waals surface area contributed by atoms with E-state index in [1.165, 1.54) is 30.1 Å². The summed E-state index contributed by atoms with van der Waals surface area (Å²) < 4.78 is 41.2. The van der Waals surface area contributed by atoms with Crippen molar-refractivity contribution in [1.29, 1.82) is 0 Å². The molecule has 218 valence electrons. The van der Waals surface area contributed by atoms with Gasteiger partial charge in [0.1, 0.15) is 13.4 Å². The number of likely N-dealkylation sites (tertiary alicyclic amines) is 1. The van der Waals surface area contributed by atoms with Crippen LogP contribution in [0.4, 0.5) is 0 Å². The van der Waals surface area contributed by atoms with E-state index in [4.69, 9.17) is 14.3 Å². The van der Waals surface area contributed by atoms with Crippen LogP contribution in [0.1, 0.15) is 64.2 Å². The normalized spacial score (nSPS) is 18.8. The zero-order valence-corrected chi connectivity index (χ0v) is 24.2. The van der Waals surface area contributed by atoms with Gasteiger partial charge in [-0.05, 0) is 44.2 Å². The molecule has 39 heavy (non-hydrogen) atoms. The van der Waals surface area contributed by atoms with Crippen LogP contribution in [-0.4, -0.2) is 86.9 Å². The number of rotatable bonds is 13. The molecule has 1 aliphatic carbocycles. The summed E-state index contributed by atoms with van der Waals surface area (Å²) in [5.41, 5.74) is 0.421. The molecule has 1 saturated heterocycles. The number of methoxy groups -OCH3 is 1. The van der Waals surface area contributed by atoms with Crippen molar-refractivity contribution in [3.63, 3.8) is 0 Å². The van der Waals surface area contributed by atoms with E-state index in [1.807, 2.05) is 24.3 Å². The second-order valence-corrected chi connectivity index (χ2v) is 12.8. The SMILES string of the molecule is COCOC1CCN(CCN(C2CCCCCCC2)S(=O)(=O)CCCOn2c(=O)ccc3ccccc32)CC1. The zero-order valence-electron chi connectivity index (χ0n) is 23.3. The van der Waals surface area contributed by atoms with E-state index in [-0.39, 0.29) is 30.1 Å². The highest BCUT2D eigenvalue weighted by Crippen LogP contribution is 2.24. The lowest BCUT2D eigenvalue weighted by atomic mass is 9.97. The number of nitrogens with zero attached hydrogens (tertiary/aromatic N) is 3. The van der Waals surface area contributed by atoms with Crippen LogP contribution in [0.15, 0.2) is 41.2 Å². The van der Waals surface area contributed by atoms with Gasteiger partial charge in [-0.25, -0.2) is 8.42 Å². The Morgan fingerprint density at radius 1 is 0.949 bits per heavy atom. The standard InChI is InChI=1S/C29H45N3O6S/c1-36-24-37-27-16-18-30(19-17-27)20-21-31(26-11-5-3-2-4-6-12-26)39(34,35)23-9-22-38-32-28-13-8-7-10-25(28)14-15-29(32)33/h7-8,10,13-15,26-27H,2-6,9,11-12,16-24H2,1H3. The van der Waals surface area contributed by atoms with Gasteiger partial charge in [0.25, 0.3) is 5.56 Å². The molecule has 2 aromatic rings. The van der Waals surface area contributed by atoms with E-state index < -0.39 is 10.0 Å². The molecule has 2 heterocycles. The van der Waals surface area contributed by atoms with Crippen LogP contribution in [0.25, 0.3) is 10.9 Å². The van der Waals surface area contributed by atoms with Gasteiger partial charge in [0.15, 0.2) is 0 Å². The highest BCUT2D eigenvalue weighted by Gasteiger charge is 2.31. The first kappa shape index (κ1) is 30.0. The Labute approximate surface area is 233 Å². The highest BCUT2D eigenvalue weighted by molar-refractivity contribution is 7.89. The van der Waals surface area contributed by atoms with Gasteiger partial charge in [0.05, 0.1) is 17.4 Å². The minimum atomic E-state index is -3.48. The number of piperidine rings is 1. The summed E-state index contributed by atoms with van der Waals surface area (Å²) in [6.07, 6.45) is 9.99. The smallest absolute Gasteiger partial charge is 0.283 e. The van der Waals surface area contributed by atoms with E-state index in [0.717, 1.165) is 63.5 Å². The highest BCUT2D eigenvalue weighted by atomic mass is 32.2. The minimum absolute atomic E-state index is 0.00987. The summed E-state index contributed by atoms with van der Waals surface area (Å²) in [6, 6.07) is 10.8. The van der Waals surface area contributed by atoms with Crippen molar-refractivity contribution in [3.8, 4) is 0 Å². The van der Waals surface area contributed by atoms with Crippen molar-refractivity contribution >= 4 is 20.9 Å². The molecule has 0 unspecified atom stereocenters. The Hall–Kier alpha value is -1.98. The summed E-state index contributed by atoms with van der Waals surface area (Å²) in [5.74, 6) is 0.00987. The van der Waals surface area contributed by atoms with Crippen molar-refractivity contribution in [1.82, 2.24) is 13.9 Å². The molecule has 0 amide bonds. The number of hydrogen-bond donors (Lipinski definition) is 0. The van der Waals surface area contributed by atoms with Gasteiger partial charge in [0, 0.05) is 50.8 Å². The second-order valence-electron chi connectivity index (χ2n) is 10.8. The lowest BCUT2D eigenvalue weighted by molar-refractivity contribution is -0.0887. The Morgan fingerprint density at radius 3 is 2.41 bits per heavy atom. The number of pyridine rings is 1. The molecule has 1 aromatic heterocycles. The number of hydrogen-bond acceptors (Lipinski definition) is 7. The molecule has 9 nitrogen and oxygen atoms in total. The third-order valence-electron chi connectivity index (χ3n) is 7.96. The summed E-state index contributed by atoms with van der Waals surface area (Å²) >= 11 is 0. The lowest BCUT2D eigenvalue weighted by Crippen LogP contribution is -2.47. The average molecular weight is 564 g/mol. The van der Waals surface area contributed by atoms with Gasteiger partial charge in [-0.1, -0.05) is 50.3 Å². The monoisotopic (exact) mass is 563 g/mol. The molecule has 0 spiro atoms. The predicted molar refractivity (Wildman–Crippen MR) is 153 cm³/mol. The maximum atomic E-state index is 13.7. The summed E-state index contributed by atoms with van der Waals surface area (Å²) in [7, 11) is -1.85. The molecule has 0 atom stereocenters. The van der Waals surface area contributed by atoms with Crippen molar-refractivity contribution in [2.24, 2.45) is 0 Å². The van der Waals surface area contributed by atoms with Crippen LogP contribution in [0.2, 0.25) is 0 Å². The molecule has 2 fully saturated rings. The first-order valence-electron chi connectivity index (χ1n) is 14.5.